The molecule has 0 spiro atoms. The van der Waals surface area contributed by atoms with E-state index in [0.717, 1.165) is 46.0 Å². The minimum absolute atomic E-state index is 0.0149. The van der Waals surface area contributed by atoms with Crippen LogP contribution in [0.3, 0.4) is 0 Å². The molecule has 15 aromatic rings. The summed E-state index contributed by atoms with van der Waals surface area (Å²) in [5.41, 5.74) is 15.0. The van der Waals surface area contributed by atoms with Crippen molar-refractivity contribution >= 4 is 161 Å². The van der Waals surface area contributed by atoms with Crippen LogP contribution in [0.5, 0.6) is 0 Å². The highest BCUT2D eigenvalue weighted by atomic mass is 19.1. The first kappa shape index (κ1) is 113. The van der Waals surface area contributed by atoms with Crippen molar-refractivity contribution in [2.75, 3.05) is 31.9 Å². The number of hydrogen-bond acceptors (Lipinski definition) is 18. The maximum absolute atomic E-state index is 13.4. The lowest BCUT2D eigenvalue weighted by atomic mass is 9.81. The third-order valence-electron chi connectivity index (χ3n) is 25.4. The van der Waals surface area contributed by atoms with E-state index < -0.39 is 11.5 Å². The molecule has 8 aromatic carbocycles. The molecule has 3 aliphatic carbocycles. The highest BCUT2D eigenvalue weighted by molar-refractivity contribution is 5.99. The number of anilines is 6. The number of benzene rings is 8. The van der Waals surface area contributed by atoms with E-state index in [1.54, 1.807) is 98.6 Å². The summed E-state index contributed by atoms with van der Waals surface area (Å²) in [5.74, 6) is 2.31. The number of carbonyl (C=O) groups excluding carboxylic acids is 8. The van der Waals surface area contributed by atoms with Crippen LogP contribution in [-0.4, -0.2) is 120 Å². The molecule has 150 heavy (non-hydrogen) atoms. The molecule has 0 aliphatic heterocycles. The number of aliphatic hydroxyl groups excluding tert-OH is 1. The molecule has 8 N–H and O–H groups in total. The summed E-state index contributed by atoms with van der Waals surface area (Å²) in [6.45, 7) is 65.5. The van der Waals surface area contributed by atoms with Crippen molar-refractivity contribution in [3.8, 4) is 17.3 Å². The van der Waals surface area contributed by atoms with Gasteiger partial charge in [-0.3, -0.25) is 69.8 Å². The number of hydrogen-bond donors (Lipinski definition) is 8. The van der Waals surface area contributed by atoms with Gasteiger partial charge in [0.2, 0.25) is 77.0 Å². The van der Waals surface area contributed by atoms with E-state index in [2.05, 4.69) is 177 Å². The molecule has 7 aromatic heterocycles. The minimum Gasteiger partial charge on any atom is -0.392 e. The number of halogens is 2. The lowest BCUT2D eigenvalue weighted by Gasteiger charge is -2.29. The average Bonchev–Trinajstić information content (AvgIpc) is 1.61. The molecule has 0 bridgehead atoms. The zero-order valence-corrected chi connectivity index (χ0v) is 89.6. The maximum atomic E-state index is 13.4. The van der Waals surface area contributed by atoms with Crippen molar-refractivity contribution in [3.63, 3.8) is 0 Å². The molecule has 0 saturated heterocycles. The lowest BCUT2D eigenvalue weighted by Crippen LogP contribution is -2.31. The fraction of sp³-hybridized carbons (Fsp3) is 0.417. The second-order valence-electron chi connectivity index (χ2n) is 45.2. The average molecular weight is 2040 g/mol. The quantitative estimate of drug-likeness (QED) is 0.0310. The molecule has 33 nitrogen and oxygen atoms in total. The molecule has 3 saturated carbocycles. The van der Waals surface area contributed by atoms with Crippen LogP contribution in [0.2, 0.25) is 0 Å². The Morgan fingerprint density at radius 1 is 0.420 bits per heavy atom. The maximum Gasteiger partial charge on any atom is 0.373 e. The van der Waals surface area contributed by atoms with Gasteiger partial charge in [-0.2, -0.15) is 9.59 Å². The second-order valence-corrected chi connectivity index (χ2v) is 45.2. The number of imidazole rings is 6. The summed E-state index contributed by atoms with van der Waals surface area (Å²) in [6.07, 6.45) is 12.5. The van der Waals surface area contributed by atoms with Crippen LogP contribution in [0.15, 0.2) is 168 Å². The van der Waals surface area contributed by atoms with Crippen LogP contribution in [0.4, 0.5) is 61.5 Å². The molecule has 18 rings (SSSR count). The van der Waals surface area contributed by atoms with Crippen LogP contribution in [0.1, 0.15) is 275 Å². The first-order valence-corrected chi connectivity index (χ1v) is 50.4. The Balaban J connectivity index is 0.000000159. The number of aryl methyl sites for hydroxylation is 2. The van der Waals surface area contributed by atoms with Gasteiger partial charge in [0.1, 0.15) is 11.6 Å². The summed E-state index contributed by atoms with van der Waals surface area (Å²) < 4.78 is 43.7. The summed E-state index contributed by atoms with van der Waals surface area (Å²) in [5, 5.41) is 40.9. The molecular formula is C115H136F2N22O11. The van der Waals surface area contributed by atoms with E-state index in [1.807, 2.05) is 106 Å². The fourth-order valence-electron chi connectivity index (χ4n) is 17.2. The van der Waals surface area contributed by atoms with Gasteiger partial charge in [-0.15, -0.1) is 0 Å². The monoisotopic (exact) mass is 2040 g/mol. The molecule has 0 unspecified atom stereocenters. The predicted octanol–water partition coefficient (Wildman–Crippen LogP) is 26.1. The molecule has 1 atom stereocenters. The number of amides is 6. The lowest BCUT2D eigenvalue weighted by molar-refractivity contribution is -0.192. The van der Waals surface area contributed by atoms with Gasteiger partial charge in [0, 0.05) is 72.7 Å². The van der Waals surface area contributed by atoms with E-state index >= 15 is 0 Å². The van der Waals surface area contributed by atoms with E-state index in [4.69, 9.17) is 38.8 Å². The van der Waals surface area contributed by atoms with E-state index in [-0.39, 0.29) is 99.3 Å². The van der Waals surface area contributed by atoms with Crippen LogP contribution >= 0.6 is 0 Å². The Hall–Kier alpha value is -15.8. The van der Waals surface area contributed by atoms with Gasteiger partial charge in [-0.1, -0.05) is 178 Å². The largest absolute Gasteiger partial charge is 0.392 e. The van der Waals surface area contributed by atoms with Gasteiger partial charge < -0.3 is 28.4 Å². The number of rotatable bonds is 21. The van der Waals surface area contributed by atoms with Gasteiger partial charge in [-0.05, 0) is 239 Å². The zero-order valence-electron chi connectivity index (χ0n) is 89.6. The SMILES string of the molecule is CC(C)(C)CC(=O)Nc1nc2cccc(CO)c2n1C1CCC1.CC(C)c1ccc2nc(NC(=O)CC(C)(C)C)n(C3CCC3)c2c1.Cc1cccc2nc(NC(=O)CC(C)(C)C)n(C3CCC3)c12.O=C=O.[C-]#[N+]c1ccc2nc(NC(=O)CC(C)(C)C)n(-c3cc(C)no3)c2c1.[C-]#[N+]c1ccc2nc(NC(=O)CC(C)(C)O)n(-c3ccc(F)cc3)c2c1.[C-]#[N+]c1ccc2nc(NC(=O)[C@@H](C)C(C)(C)C)n(-c3ccc(F)cc3)c2c1. The Morgan fingerprint density at radius 2 is 0.760 bits per heavy atom. The molecule has 7 heterocycles. The molecular weight excluding hydrogens is 1900 g/mol. The number of fused-ring (bicyclic) bond motifs is 6. The number of nitrogens with one attached hydrogen (secondary N) is 6. The number of aromatic nitrogens is 13. The molecule has 6 amide bonds. The van der Waals surface area contributed by atoms with Crippen LogP contribution < -0.4 is 31.9 Å². The Bertz CT molecular complexity index is 7600. The van der Waals surface area contributed by atoms with Gasteiger partial charge >= 0.3 is 6.15 Å². The van der Waals surface area contributed by atoms with Gasteiger partial charge in [-0.25, -0.2) is 57.8 Å². The fourth-order valence-corrected chi connectivity index (χ4v) is 17.2. The Labute approximate surface area is 872 Å². The van der Waals surface area contributed by atoms with Crippen molar-refractivity contribution in [2.24, 2.45) is 33.0 Å². The zero-order chi connectivity index (χ0) is 110. The van der Waals surface area contributed by atoms with Crippen LogP contribution in [0.25, 0.3) is 98.0 Å². The Kier molecular flexibility index (Phi) is 35.9. The summed E-state index contributed by atoms with van der Waals surface area (Å²) >= 11 is 0. The summed E-state index contributed by atoms with van der Waals surface area (Å²) in [7, 11) is 0. The Morgan fingerprint density at radius 3 is 1.13 bits per heavy atom. The highest BCUT2D eigenvalue weighted by Crippen LogP contribution is 2.44. The third-order valence-corrected chi connectivity index (χ3v) is 25.4. The number of aliphatic hydroxyl groups is 2. The molecule has 3 fully saturated rings. The third kappa shape index (κ3) is 29.4. The van der Waals surface area contributed by atoms with Crippen LogP contribution in [-0.2, 0) is 45.0 Å². The smallest absolute Gasteiger partial charge is 0.373 e. The van der Waals surface area contributed by atoms with Gasteiger partial charge in [0.05, 0.1) is 110 Å². The predicted molar refractivity (Wildman–Crippen MR) is 582 cm³/mol. The number of nitrogens with zero attached hydrogens (tertiary/aromatic N) is 16. The van der Waals surface area contributed by atoms with Gasteiger partial charge in [0.15, 0.2) is 17.1 Å². The topological polar surface area (TPSA) is 395 Å². The second kappa shape index (κ2) is 47.6. The van der Waals surface area contributed by atoms with Crippen molar-refractivity contribution in [2.45, 2.75) is 278 Å². The first-order chi connectivity index (χ1) is 70.6. The number of carbonyl (C=O) groups is 6. The standard InChI is InChI=1S/C21H21FN4O.C20H29N3O.C19H17FN4O2.C18H19N5O2.C18H25N3O2.C18H25N3O.CO2/c1-13(21(2,3)4)19(27)25-20-24-17-11-8-15(23-5)12-18(17)26(20)16-9-6-14(22)7-10-16;1-13(2)14-9-10-16-17(11-14)23(15-7-6-8-15)19(21-16)22-18(24)12-20(3,4)5;1-19(2,26)11-17(25)23-18-22-15-9-6-13(21-3)10-16(15)24(18)14-7-4-12(20)5-8-14;1-11-8-16(25-22-11)23-14-9-12(19-5)6-7-13(14)20-17(23)21-15(24)10-18(2,3)4;1-18(2,3)10-15(23)20-17-19-14-9-4-6-12(11-22)16(14)21(17)13-7-5-8-13;1-12-7-5-10-14-16(12)21(13-8-6-9-13)17(19-14)20-15(22)11-18(2,3)4;2-1-3/h6-13H,1-4H3,(H,24,25,27);9-11,13,15H,6-8,12H2,1-5H3,(H,21,22,24);4-10,26H,11H2,1-2H3,(H,22,23,25);6-9H,10H2,1-4H3,(H,20,21,24);4,6,9,13,22H,5,7-8,10-11H2,1-3H3,(H,19,20,23);5,7,10,13H,6,8-9,11H2,1-4H3,(H,19,20,22);/t13-;;;;;;/m1....../s1. The number of para-hydroxylation sites is 2. The minimum atomic E-state index is -1.16. The van der Waals surface area contributed by atoms with Crippen LogP contribution in [0, 0.1) is 78.2 Å². The molecule has 3 aliphatic rings. The molecule has 35 heteroatoms. The normalized spacial score (nSPS) is 13.4. The molecule has 786 valence electrons. The van der Waals surface area contributed by atoms with Crippen molar-refractivity contribution in [1.29, 1.82) is 0 Å². The molecule has 0 radical (unpaired) electrons. The van der Waals surface area contributed by atoms with Crippen molar-refractivity contribution < 1.29 is 61.9 Å². The van der Waals surface area contributed by atoms with E-state index in [0.29, 0.717) is 153 Å². The summed E-state index contributed by atoms with van der Waals surface area (Å²) in [6, 6.07) is 48.4. The van der Waals surface area contributed by atoms with Crippen molar-refractivity contribution in [1.82, 2.24) is 62.5 Å². The van der Waals surface area contributed by atoms with Gasteiger partial charge in [0.25, 0.3) is 0 Å². The van der Waals surface area contributed by atoms with Crippen molar-refractivity contribution in [3.05, 3.63) is 232 Å². The van der Waals surface area contributed by atoms with E-state index in [1.165, 1.54) is 99.7 Å². The summed E-state index contributed by atoms with van der Waals surface area (Å²) in [4.78, 5) is 128. The highest BCUT2D eigenvalue weighted by Gasteiger charge is 2.35. The first-order valence-electron chi connectivity index (χ1n) is 50.4. The van der Waals surface area contributed by atoms with E-state index in [9.17, 15) is 47.8 Å².